The van der Waals surface area contributed by atoms with Gasteiger partial charge in [0.15, 0.2) is 0 Å². The minimum absolute atomic E-state index is 0.163. The van der Waals surface area contributed by atoms with Crippen LogP contribution in [-0.4, -0.2) is 19.0 Å². The number of carbonyl (C=O) groups excluding carboxylic acids is 1. The monoisotopic (exact) mass is 210 g/mol. The number of benzene rings is 1. The SMILES string of the molecule is CCC(N)C(=O)N(C)c1ccc(F)cc1. The van der Waals surface area contributed by atoms with Crippen molar-refractivity contribution in [3.8, 4) is 0 Å². The molecule has 0 radical (unpaired) electrons. The van der Waals surface area contributed by atoms with Crippen LogP contribution < -0.4 is 10.6 Å². The Morgan fingerprint density at radius 1 is 1.47 bits per heavy atom. The number of rotatable bonds is 3. The van der Waals surface area contributed by atoms with Crippen LogP contribution in [0, 0.1) is 5.82 Å². The minimum atomic E-state index is -0.500. The van der Waals surface area contributed by atoms with Crippen LogP contribution in [0.4, 0.5) is 10.1 Å². The quantitative estimate of drug-likeness (QED) is 0.822. The Morgan fingerprint density at radius 2 is 2.00 bits per heavy atom. The Bertz CT molecular complexity index is 337. The summed E-state index contributed by atoms with van der Waals surface area (Å²) < 4.78 is 12.6. The topological polar surface area (TPSA) is 46.3 Å². The van der Waals surface area contributed by atoms with Crippen molar-refractivity contribution >= 4 is 11.6 Å². The van der Waals surface area contributed by atoms with Gasteiger partial charge in [-0.3, -0.25) is 4.79 Å². The van der Waals surface area contributed by atoms with E-state index in [1.165, 1.54) is 17.0 Å². The first kappa shape index (κ1) is 11.7. The first-order chi connectivity index (χ1) is 7.06. The second-order valence-corrected chi connectivity index (χ2v) is 3.39. The van der Waals surface area contributed by atoms with Gasteiger partial charge in [0.05, 0.1) is 6.04 Å². The number of anilines is 1. The van der Waals surface area contributed by atoms with Crippen LogP contribution in [0.5, 0.6) is 0 Å². The number of nitrogens with zero attached hydrogens (tertiary/aromatic N) is 1. The van der Waals surface area contributed by atoms with E-state index in [2.05, 4.69) is 0 Å². The molecule has 15 heavy (non-hydrogen) atoms. The fourth-order valence-electron chi connectivity index (χ4n) is 1.22. The van der Waals surface area contributed by atoms with Gasteiger partial charge in [0.25, 0.3) is 0 Å². The predicted molar refractivity (Wildman–Crippen MR) is 58.1 cm³/mol. The van der Waals surface area contributed by atoms with Gasteiger partial charge < -0.3 is 10.6 Å². The molecule has 0 aliphatic carbocycles. The Labute approximate surface area is 88.7 Å². The highest BCUT2D eigenvalue weighted by Gasteiger charge is 2.17. The van der Waals surface area contributed by atoms with E-state index in [0.29, 0.717) is 12.1 Å². The summed E-state index contributed by atoms with van der Waals surface area (Å²) in [5, 5.41) is 0. The van der Waals surface area contributed by atoms with Crippen LogP contribution in [0.2, 0.25) is 0 Å². The molecule has 0 saturated heterocycles. The lowest BCUT2D eigenvalue weighted by molar-refractivity contribution is -0.119. The second kappa shape index (κ2) is 4.89. The van der Waals surface area contributed by atoms with Gasteiger partial charge in [-0.2, -0.15) is 0 Å². The van der Waals surface area contributed by atoms with Crippen molar-refractivity contribution in [2.45, 2.75) is 19.4 Å². The number of hydrogen-bond acceptors (Lipinski definition) is 2. The van der Waals surface area contributed by atoms with Gasteiger partial charge in [0.2, 0.25) is 5.91 Å². The minimum Gasteiger partial charge on any atom is -0.320 e. The van der Waals surface area contributed by atoms with Gasteiger partial charge in [-0.25, -0.2) is 4.39 Å². The third kappa shape index (κ3) is 2.76. The van der Waals surface area contributed by atoms with Crippen LogP contribution in [0.1, 0.15) is 13.3 Å². The van der Waals surface area contributed by atoms with Crippen LogP contribution in [-0.2, 0) is 4.79 Å². The smallest absolute Gasteiger partial charge is 0.243 e. The van der Waals surface area contributed by atoms with Gasteiger partial charge in [0.1, 0.15) is 5.82 Å². The van der Waals surface area contributed by atoms with E-state index in [0.717, 1.165) is 0 Å². The Kier molecular flexibility index (Phi) is 3.80. The second-order valence-electron chi connectivity index (χ2n) is 3.39. The Balaban J connectivity index is 2.80. The highest BCUT2D eigenvalue weighted by molar-refractivity contribution is 5.96. The van der Waals surface area contributed by atoms with Gasteiger partial charge >= 0.3 is 0 Å². The number of hydrogen-bond donors (Lipinski definition) is 1. The number of halogens is 1. The zero-order valence-electron chi connectivity index (χ0n) is 8.90. The summed E-state index contributed by atoms with van der Waals surface area (Å²) in [4.78, 5) is 13.1. The molecule has 0 aromatic heterocycles. The maximum absolute atomic E-state index is 12.6. The van der Waals surface area contributed by atoms with Crippen molar-refractivity contribution in [3.63, 3.8) is 0 Å². The van der Waals surface area contributed by atoms with Crippen LogP contribution in [0.3, 0.4) is 0 Å². The molecule has 0 saturated carbocycles. The number of nitrogens with two attached hydrogens (primary N) is 1. The van der Waals surface area contributed by atoms with Crippen LogP contribution in [0.25, 0.3) is 0 Å². The summed E-state index contributed by atoms with van der Waals surface area (Å²) in [6.07, 6.45) is 0.588. The summed E-state index contributed by atoms with van der Waals surface area (Å²) in [6, 6.07) is 5.23. The van der Waals surface area contributed by atoms with E-state index in [4.69, 9.17) is 5.73 Å². The third-order valence-corrected chi connectivity index (χ3v) is 2.30. The van der Waals surface area contributed by atoms with Crippen molar-refractivity contribution in [1.29, 1.82) is 0 Å². The average molecular weight is 210 g/mol. The normalized spacial score (nSPS) is 12.3. The van der Waals surface area contributed by atoms with Crippen molar-refractivity contribution in [3.05, 3.63) is 30.1 Å². The van der Waals surface area contributed by atoms with Gasteiger partial charge in [0, 0.05) is 12.7 Å². The van der Waals surface area contributed by atoms with E-state index in [1.54, 1.807) is 19.2 Å². The fourth-order valence-corrected chi connectivity index (χ4v) is 1.22. The lowest BCUT2D eigenvalue weighted by atomic mass is 10.2. The molecule has 0 fully saturated rings. The van der Waals surface area contributed by atoms with Gasteiger partial charge in [-0.1, -0.05) is 6.92 Å². The van der Waals surface area contributed by atoms with E-state index >= 15 is 0 Å². The summed E-state index contributed by atoms with van der Waals surface area (Å²) in [7, 11) is 1.63. The first-order valence-corrected chi connectivity index (χ1v) is 4.85. The Hall–Kier alpha value is -1.42. The largest absolute Gasteiger partial charge is 0.320 e. The van der Waals surface area contributed by atoms with Gasteiger partial charge in [-0.15, -0.1) is 0 Å². The van der Waals surface area contributed by atoms with Crippen LogP contribution >= 0.6 is 0 Å². The molecular formula is C11H15FN2O. The maximum atomic E-state index is 12.6. The molecule has 1 aromatic rings. The highest BCUT2D eigenvalue weighted by Crippen LogP contribution is 2.14. The molecule has 0 heterocycles. The molecule has 1 unspecified atom stereocenters. The first-order valence-electron chi connectivity index (χ1n) is 4.85. The van der Waals surface area contributed by atoms with E-state index in [-0.39, 0.29) is 11.7 Å². The molecule has 1 rings (SSSR count). The lowest BCUT2D eigenvalue weighted by Gasteiger charge is -2.20. The summed E-state index contributed by atoms with van der Waals surface area (Å²) >= 11 is 0. The molecular weight excluding hydrogens is 195 g/mol. The summed E-state index contributed by atoms with van der Waals surface area (Å²) in [6.45, 7) is 1.85. The average Bonchev–Trinajstić information content (AvgIpc) is 2.27. The Morgan fingerprint density at radius 3 is 2.47 bits per heavy atom. The molecule has 0 bridgehead atoms. The summed E-state index contributed by atoms with van der Waals surface area (Å²) in [5.74, 6) is -0.483. The van der Waals surface area contributed by atoms with Crippen molar-refractivity contribution < 1.29 is 9.18 Å². The molecule has 1 aromatic carbocycles. The molecule has 0 aliphatic rings. The summed E-state index contributed by atoms with van der Waals surface area (Å²) in [5.41, 5.74) is 6.26. The van der Waals surface area contributed by atoms with E-state index in [1.807, 2.05) is 6.92 Å². The van der Waals surface area contributed by atoms with Crippen molar-refractivity contribution in [2.24, 2.45) is 5.73 Å². The molecule has 1 amide bonds. The zero-order chi connectivity index (χ0) is 11.4. The molecule has 0 spiro atoms. The molecule has 4 heteroatoms. The van der Waals surface area contributed by atoms with Gasteiger partial charge in [-0.05, 0) is 30.7 Å². The van der Waals surface area contributed by atoms with Crippen LogP contribution in [0.15, 0.2) is 24.3 Å². The number of carbonyl (C=O) groups is 1. The van der Waals surface area contributed by atoms with Crippen molar-refractivity contribution in [2.75, 3.05) is 11.9 Å². The zero-order valence-corrected chi connectivity index (χ0v) is 8.90. The number of amides is 1. The molecule has 3 nitrogen and oxygen atoms in total. The van der Waals surface area contributed by atoms with E-state index in [9.17, 15) is 9.18 Å². The number of likely N-dealkylation sites (N-methyl/N-ethyl adjacent to an activating group) is 1. The molecule has 82 valence electrons. The molecule has 0 aliphatic heterocycles. The van der Waals surface area contributed by atoms with Crippen molar-refractivity contribution in [1.82, 2.24) is 0 Å². The fraction of sp³-hybridized carbons (Fsp3) is 0.364. The molecule has 1 atom stereocenters. The molecule has 2 N–H and O–H groups in total. The standard InChI is InChI=1S/C11H15FN2O/c1-3-10(13)11(15)14(2)9-6-4-8(12)5-7-9/h4-7,10H,3,13H2,1-2H3. The highest BCUT2D eigenvalue weighted by atomic mass is 19.1. The maximum Gasteiger partial charge on any atom is 0.243 e. The van der Waals surface area contributed by atoms with E-state index < -0.39 is 6.04 Å². The third-order valence-electron chi connectivity index (χ3n) is 2.30. The lowest BCUT2D eigenvalue weighted by Crippen LogP contribution is -2.41. The predicted octanol–water partition coefficient (Wildman–Crippen LogP) is 1.53.